The first kappa shape index (κ1) is 40.6. The Kier molecular flexibility index (Phi) is 10.7. The Labute approximate surface area is 390 Å². The monoisotopic (exact) mass is 861 g/mol. The van der Waals surface area contributed by atoms with Crippen LogP contribution in [0.25, 0.3) is 67.8 Å². The van der Waals surface area contributed by atoms with Crippen molar-refractivity contribution < 1.29 is 0 Å². The minimum absolute atomic E-state index is 1.08. The van der Waals surface area contributed by atoms with Crippen molar-refractivity contribution in [2.24, 2.45) is 0 Å². The molecule has 0 aliphatic carbocycles. The van der Waals surface area contributed by atoms with Gasteiger partial charge in [0.25, 0.3) is 0 Å². The van der Waals surface area contributed by atoms with Gasteiger partial charge in [-0.05, 0) is 140 Å². The molecule has 0 unspecified atom stereocenters. The van der Waals surface area contributed by atoms with E-state index in [-0.39, 0.29) is 0 Å². The number of benzene rings is 10. The molecule has 0 amide bonds. The van der Waals surface area contributed by atoms with Gasteiger partial charge in [0, 0.05) is 36.5 Å². The third kappa shape index (κ3) is 7.19. The molecule has 1 aliphatic rings. The first-order valence-corrected chi connectivity index (χ1v) is 24.1. The van der Waals surface area contributed by atoms with Gasteiger partial charge in [-0.2, -0.15) is 0 Å². The van der Waals surface area contributed by atoms with Crippen LogP contribution in [0.4, 0.5) is 17.1 Å². The fourth-order valence-corrected chi connectivity index (χ4v) is 14.0. The van der Waals surface area contributed by atoms with Gasteiger partial charge >= 0.3 is 0 Å². The first-order chi connectivity index (χ1) is 32.6. The molecule has 0 saturated carbocycles. The molecule has 0 bridgehead atoms. The van der Waals surface area contributed by atoms with Crippen LogP contribution in [-0.2, 0) is 0 Å². The number of fused-ring (bicyclic) bond motifs is 3. The van der Waals surface area contributed by atoms with E-state index in [1.54, 1.807) is 0 Å². The highest BCUT2D eigenvalue weighted by atomic mass is 32.3. The van der Waals surface area contributed by atoms with Crippen molar-refractivity contribution in [3.63, 3.8) is 0 Å². The van der Waals surface area contributed by atoms with Crippen molar-refractivity contribution in [2.45, 2.75) is 19.6 Å². The predicted octanol–water partition coefficient (Wildman–Crippen LogP) is 18.4. The van der Waals surface area contributed by atoms with Gasteiger partial charge in [-0.25, -0.2) is 0 Å². The van der Waals surface area contributed by atoms with E-state index in [9.17, 15) is 0 Å². The van der Waals surface area contributed by atoms with Crippen molar-refractivity contribution in [1.82, 2.24) is 0 Å². The van der Waals surface area contributed by atoms with Gasteiger partial charge in [0.1, 0.15) is 0 Å². The van der Waals surface area contributed by atoms with Gasteiger partial charge < -0.3 is 4.90 Å². The average Bonchev–Trinajstić information content (AvgIpc) is 3.71. The Morgan fingerprint density at radius 2 is 0.712 bits per heavy atom. The molecule has 0 atom stereocenters. The topological polar surface area (TPSA) is 3.24 Å². The lowest BCUT2D eigenvalue weighted by Crippen LogP contribution is -2.11. The smallest absolute Gasteiger partial charge is 0.0551 e. The van der Waals surface area contributed by atoms with Crippen LogP contribution in [0, 0.1) is 0 Å². The zero-order valence-electron chi connectivity index (χ0n) is 36.6. The van der Waals surface area contributed by atoms with Crippen LogP contribution in [0.2, 0.25) is 0 Å². The fraction of sp³-hybridized carbons (Fsp3) is 0. The van der Waals surface area contributed by atoms with Gasteiger partial charge in [-0.3, -0.25) is 0 Å². The molecule has 0 radical (unpaired) electrons. The summed E-state index contributed by atoms with van der Waals surface area (Å²) in [7, 11) is -1.98. The largest absolute Gasteiger partial charge is 0.310 e. The number of nitrogens with zero attached hydrogens (tertiary/aromatic N) is 1. The summed E-state index contributed by atoms with van der Waals surface area (Å²) in [5.74, 6) is 0. The number of hydrogen-bond donors (Lipinski definition) is 0. The molecule has 0 N–H and O–H groups in total. The molecule has 1 aliphatic heterocycles. The molecule has 2 heteroatoms. The average molecular weight is 862 g/mol. The van der Waals surface area contributed by atoms with Crippen molar-refractivity contribution in [2.75, 3.05) is 4.90 Å². The van der Waals surface area contributed by atoms with Crippen LogP contribution in [0.15, 0.2) is 281 Å². The third-order valence-electron chi connectivity index (χ3n) is 12.8. The maximum absolute atomic E-state index is 4.19. The van der Waals surface area contributed by atoms with E-state index < -0.39 is 10.0 Å². The molecule has 0 spiro atoms. The Balaban J connectivity index is 1.10. The highest BCUT2D eigenvalue weighted by molar-refractivity contribution is 8.34. The Morgan fingerprint density at radius 1 is 0.318 bits per heavy atom. The van der Waals surface area contributed by atoms with Crippen LogP contribution in [0.5, 0.6) is 0 Å². The van der Waals surface area contributed by atoms with Crippen LogP contribution >= 0.6 is 10.0 Å². The summed E-state index contributed by atoms with van der Waals surface area (Å²) in [5, 5.41) is 0. The standard InChI is InChI=1S/C64H47NS/c1-3-46-18-13-28-58(42-46)66(59-29-14-19-47(4-2)43-59)62-32-12-11-30-60(62)64-61(31-17-33-63(64)66)65(56-38-34-50(35-39-56)54-26-15-24-52(44-54)48-20-7-5-8-21-48)57-40-36-51(37-41-57)55-27-16-25-53(45-55)49-22-9-6-10-23-49/h3-45H,1-2H2. The molecule has 1 nitrogen and oxygen atoms in total. The van der Waals surface area contributed by atoms with Gasteiger partial charge in [-0.1, -0.05) is 195 Å². The third-order valence-corrected chi connectivity index (χ3v) is 16.8. The first-order valence-electron chi connectivity index (χ1n) is 22.5. The van der Waals surface area contributed by atoms with Crippen molar-refractivity contribution in [3.05, 3.63) is 273 Å². The zero-order valence-corrected chi connectivity index (χ0v) is 37.4. The van der Waals surface area contributed by atoms with Crippen molar-refractivity contribution in [3.8, 4) is 55.6 Å². The minimum Gasteiger partial charge on any atom is -0.310 e. The van der Waals surface area contributed by atoms with Crippen molar-refractivity contribution >= 4 is 39.2 Å². The number of rotatable bonds is 11. The van der Waals surface area contributed by atoms with E-state index in [0.29, 0.717) is 0 Å². The van der Waals surface area contributed by atoms with E-state index >= 15 is 0 Å². The molecule has 314 valence electrons. The summed E-state index contributed by atoms with van der Waals surface area (Å²) >= 11 is 0. The maximum atomic E-state index is 4.19. The summed E-state index contributed by atoms with van der Waals surface area (Å²) in [6.07, 6.45) is 3.92. The molecule has 0 saturated heterocycles. The zero-order chi connectivity index (χ0) is 44.5. The SMILES string of the molecule is C=Cc1cccc(S2(c3cccc(C=C)c3)c3ccccc3-c3c(N(c4ccc(-c5cccc(-c6ccccc6)c5)cc4)c4ccc(-c5cccc(-c6ccccc6)c5)cc4)cccc32)c1. The highest BCUT2D eigenvalue weighted by Gasteiger charge is 2.43. The normalized spacial score (nSPS) is 12.7. The molecule has 66 heavy (non-hydrogen) atoms. The fourth-order valence-electron chi connectivity index (χ4n) is 9.65. The Bertz CT molecular complexity index is 3210. The molecule has 10 aromatic carbocycles. The second-order valence-electron chi connectivity index (χ2n) is 16.6. The lowest BCUT2D eigenvalue weighted by atomic mass is 9.98. The van der Waals surface area contributed by atoms with E-state index in [0.717, 1.165) is 28.2 Å². The van der Waals surface area contributed by atoms with Gasteiger partial charge in [0.2, 0.25) is 0 Å². The number of hydrogen-bond acceptors (Lipinski definition) is 1. The van der Waals surface area contributed by atoms with Gasteiger partial charge in [0.15, 0.2) is 0 Å². The maximum Gasteiger partial charge on any atom is 0.0551 e. The molecular formula is C64H47NS. The summed E-state index contributed by atoms with van der Waals surface area (Å²) in [6, 6.07) is 91.1. The Hall–Kier alpha value is -8.17. The molecular weight excluding hydrogens is 815 g/mol. The number of anilines is 3. The van der Waals surface area contributed by atoms with Gasteiger partial charge in [0.05, 0.1) is 5.69 Å². The summed E-state index contributed by atoms with van der Waals surface area (Å²) < 4.78 is 0. The lowest BCUT2D eigenvalue weighted by Gasteiger charge is -2.40. The van der Waals surface area contributed by atoms with Crippen LogP contribution in [-0.4, -0.2) is 0 Å². The molecule has 0 aromatic heterocycles. The summed E-state index contributed by atoms with van der Waals surface area (Å²) in [6.45, 7) is 8.38. The molecule has 11 rings (SSSR count). The van der Waals surface area contributed by atoms with Gasteiger partial charge in [-0.15, -0.1) is 10.0 Å². The van der Waals surface area contributed by atoms with Crippen LogP contribution in [0.1, 0.15) is 11.1 Å². The van der Waals surface area contributed by atoms with E-state index in [2.05, 4.69) is 267 Å². The quantitative estimate of drug-likeness (QED) is 0.125. The van der Waals surface area contributed by atoms with Crippen molar-refractivity contribution in [1.29, 1.82) is 0 Å². The van der Waals surface area contributed by atoms with E-state index in [4.69, 9.17) is 0 Å². The molecule has 1 heterocycles. The molecule has 10 aromatic rings. The predicted molar refractivity (Wildman–Crippen MR) is 282 cm³/mol. The Morgan fingerprint density at radius 3 is 1.20 bits per heavy atom. The molecule has 0 fully saturated rings. The second-order valence-corrected chi connectivity index (χ2v) is 19.7. The van der Waals surface area contributed by atoms with E-state index in [1.165, 1.54) is 75.2 Å². The highest BCUT2D eigenvalue weighted by Crippen LogP contribution is 2.81. The van der Waals surface area contributed by atoms with E-state index in [1.807, 2.05) is 12.2 Å². The lowest BCUT2D eigenvalue weighted by molar-refractivity contribution is 1.25. The van der Waals surface area contributed by atoms with Crippen LogP contribution in [0.3, 0.4) is 0 Å². The van der Waals surface area contributed by atoms with Crippen LogP contribution < -0.4 is 4.90 Å². The summed E-state index contributed by atoms with van der Waals surface area (Å²) in [4.78, 5) is 7.66. The second kappa shape index (κ2) is 17.4. The summed E-state index contributed by atoms with van der Waals surface area (Å²) in [5.41, 5.74) is 17.5. The minimum atomic E-state index is -1.98.